The number of aromatic nitrogens is 4. The first-order chi connectivity index (χ1) is 30.2. The van der Waals surface area contributed by atoms with Crippen molar-refractivity contribution in [2.45, 2.75) is 72.0 Å². The Hall–Kier alpha value is -7.07. The molecule has 2 aliphatic heterocycles. The van der Waals surface area contributed by atoms with E-state index in [-0.39, 0.29) is 29.2 Å². The zero-order chi connectivity index (χ0) is 44.8. The van der Waals surface area contributed by atoms with Gasteiger partial charge in [0.15, 0.2) is 0 Å². The number of nitrogens with zero attached hydrogens (tertiary/aromatic N) is 9. The molecule has 3 fully saturated rings. The number of carbonyl (C=O) groups excluding carboxylic acids is 2. The fourth-order valence-electron chi connectivity index (χ4n) is 7.77. The van der Waals surface area contributed by atoms with Crippen LogP contribution in [0.2, 0.25) is 0 Å². The Morgan fingerprint density at radius 2 is 1.40 bits per heavy atom. The summed E-state index contributed by atoms with van der Waals surface area (Å²) in [6.45, 7) is 14.0. The van der Waals surface area contributed by atoms with Crippen molar-refractivity contribution >= 4 is 34.4 Å². The van der Waals surface area contributed by atoms with Crippen molar-refractivity contribution in [3.63, 3.8) is 0 Å². The molecule has 1 N–H and O–H groups in total. The molecule has 3 aliphatic rings. The topological polar surface area (TPSA) is 185 Å². The standard InChI is InChI=1S/C31H29FN6O3.C16H22N4O2/c1-19-13-21(17-33)18-34-29(19)37-9-11-38(12-10-37)31(40)26-14-20(5-8-27(26)32)15-28-25-16-23(41-22-3-2-4-22)6-7-24(25)30(39)36-35-28;1-12-9-13(10-17)11-18-14(12)19-5-7-20(8-6-19)15(21)22-16(2,3)4/h5-8,13-14,16,18,22H,2-4,9-12,15H2,1H3,(H,36,39);9,11H,5-8H2,1-4H3. The van der Waals surface area contributed by atoms with Gasteiger partial charge in [0.25, 0.3) is 11.5 Å². The number of hydrogen-bond acceptors (Lipinski definition) is 12. The van der Waals surface area contributed by atoms with Gasteiger partial charge in [0.2, 0.25) is 0 Å². The Balaban J connectivity index is 0.000000229. The molecule has 2 amide bonds. The van der Waals surface area contributed by atoms with Crippen molar-refractivity contribution in [2.75, 3.05) is 62.2 Å². The minimum Gasteiger partial charge on any atom is -0.490 e. The molecule has 326 valence electrons. The predicted molar refractivity (Wildman–Crippen MR) is 235 cm³/mol. The van der Waals surface area contributed by atoms with E-state index in [4.69, 9.17) is 20.0 Å². The SMILES string of the molecule is Cc1cc(C#N)cnc1N1CCN(C(=O)OC(C)(C)C)CC1.Cc1cc(C#N)cnc1N1CCN(C(=O)c2cc(Cc3n[nH]c(=O)c4ccc(OC5CCC5)cc34)ccc2F)CC1. The number of anilines is 2. The number of carbonyl (C=O) groups is 2. The van der Waals surface area contributed by atoms with Gasteiger partial charge in [-0.1, -0.05) is 6.07 Å². The number of hydrogen-bond donors (Lipinski definition) is 1. The molecule has 63 heavy (non-hydrogen) atoms. The van der Waals surface area contributed by atoms with E-state index >= 15 is 0 Å². The van der Waals surface area contributed by atoms with Gasteiger partial charge < -0.3 is 29.1 Å². The van der Waals surface area contributed by atoms with Gasteiger partial charge >= 0.3 is 6.09 Å². The molecular formula is C47H51FN10O5. The van der Waals surface area contributed by atoms with Crippen molar-refractivity contribution in [2.24, 2.45) is 0 Å². The fourth-order valence-corrected chi connectivity index (χ4v) is 7.77. The zero-order valence-corrected chi connectivity index (χ0v) is 36.3. The molecule has 2 saturated heterocycles. The predicted octanol–water partition coefficient (Wildman–Crippen LogP) is 6.44. The Morgan fingerprint density at radius 3 is 1.92 bits per heavy atom. The van der Waals surface area contributed by atoms with Gasteiger partial charge in [-0.05, 0) is 113 Å². The van der Waals surface area contributed by atoms with Gasteiger partial charge in [-0.3, -0.25) is 9.59 Å². The van der Waals surface area contributed by atoms with E-state index in [1.165, 1.54) is 6.07 Å². The van der Waals surface area contributed by atoms with Crippen LogP contribution in [0.4, 0.5) is 20.8 Å². The summed E-state index contributed by atoms with van der Waals surface area (Å²) < 4.78 is 26.3. The molecule has 0 atom stereocenters. The number of rotatable bonds is 7. The Bertz CT molecular complexity index is 2650. The summed E-state index contributed by atoms with van der Waals surface area (Å²) in [6.07, 6.45) is 6.56. The minimum atomic E-state index is -0.582. The van der Waals surface area contributed by atoms with Crippen LogP contribution in [0.25, 0.3) is 10.8 Å². The van der Waals surface area contributed by atoms with Crippen molar-refractivity contribution in [3.8, 4) is 17.9 Å². The quantitative estimate of drug-likeness (QED) is 0.189. The van der Waals surface area contributed by atoms with E-state index in [2.05, 4.69) is 42.1 Å². The summed E-state index contributed by atoms with van der Waals surface area (Å²) >= 11 is 0. The highest BCUT2D eigenvalue weighted by Crippen LogP contribution is 2.29. The van der Waals surface area contributed by atoms with Gasteiger partial charge in [0.1, 0.15) is 40.9 Å². The summed E-state index contributed by atoms with van der Waals surface area (Å²) in [6, 6.07) is 17.7. The second-order valence-corrected chi connectivity index (χ2v) is 17.1. The lowest BCUT2D eigenvalue weighted by Crippen LogP contribution is -2.50. The van der Waals surface area contributed by atoms with Crippen molar-refractivity contribution < 1.29 is 23.5 Å². The fraction of sp³-hybridized carbons (Fsp3) is 0.404. The zero-order valence-electron chi connectivity index (χ0n) is 36.3. The first-order valence-corrected chi connectivity index (χ1v) is 21.2. The molecule has 15 nitrogen and oxygen atoms in total. The van der Waals surface area contributed by atoms with Crippen LogP contribution in [0.3, 0.4) is 0 Å². The third-order valence-electron chi connectivity index (χ3n) is 11.3. The number of halogens is 1. The van der Waals surface area contributed by atoms with Gasteiger partial charge in [0, 0.05) is 76.6 Å². The van der Waals surface area contributed by atoms with E-state index < -0.39 is 11.4 Å². The lowest BCUT2D eigenvalue weighted by molar-refractivity contribution is 0.0240. The summed E-state index contributed by atoms with van der Waals surface area (Å²) in [5.74, 6) is 1.40. The molecule has 0 radical (unpaired) electrons. The van der Waals surface area contributed by atoms with Gasteiger partial charge in [-0.25, -0.2) is 24.3 Å². The molecule has 2 aromatic carbocycles. The summed E-state index contributed by atoms with van der Waals surface area (Å²) in [4.78, 5) is 54.2. The number of amides is 2. The summed E-state index contributed by atoms with van der Waals surface area (Å²) in [7, 11) is 0. The van der Waals surface area contributed by atoms with Crippen LogP contribution >= 0.6 is 0 Å². The van der Waals surface area contributed by atoms with Gasteiger partial charge in [-0.15, -0.1) is 0 Å². The Kier molecular flexibility index (Phi) is 13.2. The monoisotopic (exact) mass is 854 g/mol. The van der Waals surface area contributed by atoms with Crippen molar-refractivity contribution in [1.29, 1.82) is 10.5 Å². The Morgan fingerprint density at radius 1 is 0.810 bits per heavy atom. The molecule has 8 rings (SSSR count). The third kappa shape index (κ3) is 10.5. The number of pyridine rings is 2. The van der Waals surface area contributed by atoms with E-state index in [9.17, 15) is 18.8 Å². The maximum atomic E-state index is 14.9. The Labute approximate surface area is 365 Å². The summed E-state index contributed by atoms with van der Waals surface area (Å²) in [5, 5.41) is 26.0. The number of nitriles is 2. The molecule has 3 aromatic heterocycles. The molecule has 1 saturated carbocycles. The van der Waals surface area contributed by atoms with Gasteiger partial charge in [0.05, 0.1) is 33.9 Å². The lowest BCUT2D eigenvalue weighted by atomic mass is 9.96. The maximum absolute atomic E-state index is 14.9. The molecule has 16 heteroatoms. The first-order valence-electron chi connectivity index (χ1n) is 21.2. The third-order valence-corrected chi connectivity index (χ3v) is 11.3. The van der Waals surface area contributed by atoms with Gasteiger partial charge in [-0.2, -0.15) is 15.6 Å². The number of ether oxygens (including phenoxy) is 2. The van der Waals surface area contributed by atoms with Crippen molar-refractivity contribution in [1.82, 2.24) is 30.0 Å². The molecule has 0 bridgehead atoms. The number of benzene rings is 2. The normalized spacial score (nSPS) is 15.4. The molecule has 0 spiro atoms. The number of fused-ring (bicyclic) bond motifs is 1. The van der Waals surface area contributed by atoms with Crippen LogP contribution in [0, 0.1) is 42.3 Å². The maximum Gasteiger partial charge on any atom is 0.410 e. The van der Waals surface area contributed by atoms with Crippen LogP contribution in [0.15, 0.2) is 65.7 Å². The van der Waals surface area contributed by atoms with Crippen LogP contribution in [-0.2, 0) is 11.2 Å². The highest BCUT2D eigenvalue weighted by Gasteiger charge is 2.28. The minimum absolute atomic E-state index is 0.00589. The van der Waals surface area contributed by atoms with Crippen LogP contribution in [0.5, 0.6) is 5.75 Å². The van der Waals surface area contributed by atoms with E-state index in [0.29, 0.717) is 97.7 Å². The van der Waals surface area contributed by atoms with E-state index in [0.717, 1.165) is 42.0 Å². The largest absolute Gasteiger partial charge is 0.490 e. The second-order valence-electron chi connectivity index (χ2n) is 17.1. The first kappa shape index (κ1) is 44.0. The highest BCUT2D eigenvalue weighted by atomic mass is 19.1. The number of aromatic amines is 1. The smallest absolute Gasteiger partial charge is 0.410 e. The second kappa shape index (κ2) is 18.9. The average Bonchev–Trinajstić information content (AvgIpc) is 3.26. The number of piperazine rings is 2. The lowest BCUT2D eigenvalue weighted by Gasteiger charge is -2.36. The van der Waals surface area contributed by atoms with Crippen LogP contribution in [-0.4, -0.2) is 106 Å². The summed E-state index contributed by atoms with van der Waals surface area (Å²) in [5.41, 5.74) is 3.50. The van der Waals surface area contributed by atoms with Crippen molar-refractivity contribution in [3.05, 3.63) is 116 Å². The van der Waals surface area contributed by atoms with Crippen LogP contribution in [0.1, 0.15) is 83.9 Å². The number of aryl methyl sites for hydroxylation is 2. The molecule has 1 aliphatic carbocycles. The molecule has 5 aromatic rings. The van der Waals surface area contributed by atoms with E-state index in [1.54, 1.807) is 52.5 Å². The average molecular weight is 855 g/mol. The number of H-pyrrole nitrogens is 1. The highest BCUT2D eigenvalue weighted by molar-refractivity contribution is 5.95. The molecular weight excluding hydrogens is 804 g/mol. The molecule has 5 heterocycles. The number of nitrogens with one attached hydrogen (secondary N) is 1. The van der Waals surface area contributed by atoms with Crippen LogP contribution < -0.4 is 20.1 Å². The van der Waals surface area contributed by atoms with E-state index in [1.807, 2.05) is 46.8 Å². The molecule has 0 unspecified atom stereocenters.